The first-order chi connectivity index (χ1) is 18.2. The molecule has 10 nitrogen and oxygen atoms in total. The molecule has 1 atom stereocenters. The van der Waals surface area contributed by atoms with Gasteiger partial charge in [0.25, 0.3) is 5.91 Å². The summed E-state index contributed by atoms with van der Waals surface area (Å²) < 4.78 is 43.2. The molecule has 0 bridgehead atoms. The zero-order valence-corrected chi connectivity index (χ0v) is 22.5. The van der Waals surface area contributed by atoms with Crippen molar-refractivity contribution < 1.29 is 32.9 Å². The van der Waals surface area contributed by atoms with Crippen LogP contribution in [-0.2, 0) is 21.2 Å². The number of benzene rings is 2. The smallest absolute Gasteiger partial charge is 0.253 e. The van der Waals surface area contributed by atoms with E-state index in [9.17, 15) is 22.8 Å². The lowest BCUT2D eigenvalue weighted by atomic mass is 9.89. The second-order valence-corrected chi connectivity index (χ2v) is 12.4. The van der Waals surface area contributed by atoms with Gasteiger partial charge in [-0.3, -0.25) is 19.5 Å². The number of piperidine rings is 1. The van der Waals surface area contributed by atoms with E-state index in [4.69, 9.17) is 5.11 Å². The van der Waals surface area contributed by atoms with Crippen molar-refractivity contribution in [1.82, 2.24) is 14.3 Å². The predicted molar refractivity (Wildman–Crippen MR) is 142 cm³/mol. The Morgan fingerprint density at radius 1 is 1.26 bits per heavy atom. The van der Waals surface area contributed by atoms with Crippen LogP contribution in [0, 0.1) is 6.92 Å². The summed E-state index contributed by atoms with van der Waals surface area (Å²) in [5, 5.41) is 21.0. The van der Waals surface area contributed by atoms with Crippen molar-refractivity contribution in [2.75, 3.05) is 32.0 Å². The van der Waals surface area contributed by atoms with Crippen LogP contribution in [0.5, 0.6) is 5.75 Å². The summed E-state index contributed by atoms with van der Waals surface area (Å²) in [5.41, 5.74) is 1.35. The lowest BCUT2D eigenvalue weighted by Crippen LogP contribution is -2.50. The number of sulfonamides is 1. The molecule has 2 heterocycles. The molecular weight excluding hydrogens is 535 g/mol. The number of rotatable bonds is 11. The Kier molecular flexibility index (Phi) is 9.06. The molecule has 4 N–H and O–H groups in total. The Morgan fingerprint density at radius 2 is 2.03 bits per heavy atom. The molecule has 0 unspecified atom stereocenters. The highest BCUT2D eigenvalue weighted by atomic mass is 32.2. The maximum atomic E-state index is 13.1. The number of aryl methyl sites for hydroxylation is 2. The van der Waals surface area contributed by atoms with E-state index in [1.165, 1.54) is 28.4 Å². The Balaban J connectivity index is 1.33. The second kappa shape index (κ2) is 12.1. The minimum atomic E-state index is -3.55. The van der Waals surface area contributed by atoms with Gasteiger partial charge in [-0.15, -0.1) is 0 Å². The minimum absolute atomic E-state index is 0.000467. The molecule has 1 fully saturated rings. The zero-order valence-electron chi connectivity index (χ0n) is 20.9. The Labute approximate surface area is 225 Å². The summed E-state index contributed by atoms with van der Waals surface area (Å²) in [6, 6.07) is 11.9. The van der Waals surface area contributed by atoms with Crippen LogP contribution in [0.3, 0.4) is 0 Å². The van der Waals surface area contributed by atoms with Gasteiger partial charge in [0.05, 0.1) is 18.5 Å². The number of nitrogens with zero attached hydrogens (tertiary/aromatic N) is 2. The molecule has 206 valence electrons. The number of nitrogens with one attached hydrogen (secondary N) is 2. The number of amidine groups is 1. The molecule has 0 saturated carbocycles. The van der Waals surface area contributed by atoms with Gasteiger partial charge in [-0.2, -0.15) is 0 Å². The zero-order chi connectivity index (χ0) is 27.3. The number of hydrogen-bond acceptors (Lipinski definition) is 9. The first-order valence-corrected chi connectivity index (χ1v) is 14.6. The van der Waals surface area contributed by atoms with E-state index in [0.717, 1.165) is 16.0 Å². The van der Waals surface area contributed by atoms with Crippen LogP contribution in [0.25, 0.3) is 0 Å². The van der Waals surface area contributed by atoms with E-state index in [-0.39, 0.29) is 56.5 Å². The number of carbonyl (C=O) groups is 1. The minimum Gasteiger partial charge on any atom is -0.394 e. The fourth-order valence-corrected chi connectivity index (χ4v) is 6.77. The SMILES string of the molecule is Cc1cc(SNC[C@@H](O)CO)ccc1CCS(=O)(=O)N1CCC2(CC1)N=C(c1cccc(OF)c1)NC2=O. The van der Waals surface area contributed by atoms with Gasteiger partial charge in [0.1, 0.15) is 11.4 Å². The van der Waals surface area contributed by atoms with Crippen LogP contribution in [0.15, 0.2) is 52.4 Å². The summed E-state index contributed by atoms with van der Waals surface area (Å²) in [6.45, 7) is 2.21. The molecule has 1 spiro atoms. The largest absolute Gasteiger partial charge is 0.394 e. The van der Waals surface area contributed by atoms with Crippen molar-refractivity contribution >= 4 is 33.7 Å². The fraction of sp³-hybridized carbons (Fsp3) is 0.440. The molecule has 0 radical (unpaired) electrons. The molecule has 1 saturated heterocycles. The van der Waals surface area contributed by atoms with Gasteiger partial charge in [0.2, 0.25) is 10.0 Å². The standard InChI is InChI=1S/C25H31FN4O6S2/c1-17-13-22(37-27-15-20(32)16-31)6-5-18(17)7-12-38(34,35)30-10-8-25(9-11-30)24(33)28-23(29-25)19-3-2-4-21(14-19)36-26/h2-6,13-14,20,27,31-32H,7-12,15-16H2,1H3,(H,28,29,33)/t20-/m1/s1. The third-order valence-corrected chi connectivity index (χ3v) is 9.46. The van der Waals surface area contributed by atoms with Crippen molar-refractivity contribution in [2.24, 2.45) is 4.99 Å². The van der Waals surface area contributed by atoms with Crippen LogP contribution in [-0.4, -0.2) is 78.3 Å². The third-order valence-electron chi connectivity index (χ3n) is 6.78. The Hall–Kier alpha value is -2.55. The highest BCUT2D eigenvalue weighted by Crippen LogP contribution is 2.32. The van der Waals surface area contributed by atoms with Crippen LogP contribution in [0.4, 0.5) is 4.53 Å². The van der Waals surface area contributed by atoms with E-state index in [2.05, 4.69) is 20.0 Å². The first-order valence-electron chi connectivity index (χ1n) is 12.2. The lowest BCUT2D eigenvalue weighted by molar-refractivity contribution is -0.124. The predicted octanol–water partition coefficient (Wildman–Crippen LogP) is 1.49. The normalized spacial score (nSPS) is 18.3. The molecule has 13 heteroatoms. The monoisotopic (exact) mass is 566 g/mol. The number of aliphatic hydroxyl groups is 2. The Bertz CT molecular complexity index is 1300. The van der Waals surface area contributed by atoms with Crippen molar-refractivity contribution in [3.63, 3.8) is 0 Å². The van der Waals surface area contributed by atoms with Gasteiger partial charge in [0.15, 0.2) is 5.75 Å². The van der Waals surface area contributed by atoms with Crippen molar-refractivity contribution in [2.45, 2.75) is 42.7 Å². The van der Waals surface area contributed by atoms with Crippen LogP contribution >= 0.6 is 11.9 Å². The van der Waals surface area contributed by atoms with Crippen LogP contribution < -0.4 is 15.0 Å². The maximum absolute atomic E-state index is 13.1. The van der Waals surface area contributed by atoms with Gasteiger partial charge in [-0.1, -0.05) is 18.2 Å². The summed E-state index contributed by atoms with van der Waals surface area (Å²) in [6.07, 6.45) is 0.0325. The quantitative estimate of drug-likeness (QED) is 0.300. The highest BCUT2D eigenvalue weighted by Gasteiger charge is 2.47. The number of hydrogen-bond donors (Lipinski definition) is 4. The third kappa shape index (κ3) is 6.53. The summed E-state index contributed by atoms with van der Waals surface area (Å²) in [4.78, 5) is 22.1. The first kappa shape index (κ1) is 28.5. The summed E-state index contributed by atoms with van der Waals surface area (Å²) >= 11 is 1.33. The molecule has 2 aliphatic rings. The molecule has 2 aromatic carbocycles. The number of aliphatic imine (C=N–C) groups is 1. The molecule has 0 aromatic heterocycles. The van der Waals surface area contributed by atoms with E-state index in [1.807, 2.05) is 25.1 Å². The maximum Gasteiger partial charge on any atom is 0.253 e. The molecule has 4 rings (SSSR count). The molecule has 1 amide bonds. The number of carbonyl (C=O) groups excluding carboxylic acids is 1. The topological polar surface area (TPSA) is 141 Å². The molecule has 2 aliphatic heterocycles. The van der Waals surface area contributed by atoms with Gasteiger partial charge in [0, 0.05) is 34.6 Å². The lowest BCUT2D eigenvalue weighted by Gasteiger charge is -2.34. The molecule has 2 aromatic rings. The highest BCUT2D eigenvalue weighted by molar-refractivity contribution is 7.97. The molecular formula is C25H31FN4O6S2. The van der Waals surface area contributed by atoms with Gasteiger partial charge < -0.3 is 15.5 Å². The molecule has 0 aliphatic carbocycles. The number of halogens is 1. The Morgan fingerprint density at radius 3 is 2.71 bits per heavy atom. The van der Waals surface area contributed by atoms with Gasteiger partial charge >= 0.3 is 0 Å². The van der Waals surface area contributed by atoms with Crippen LogP contribution in [0.1, 0.15) is 29.5 Å². The van der Waals surface area contributed by atoms with Gasteiger partial charge in [-0.05, 0) is 73.5 Å². The van der Waals surface area contributed by atoms with Crippen molar-refractivity contribution in [3.8, 4) is 5.75 Å². The summed E-state index contributed by atoms with van der Waals surface area (Å²) in [7, 11) is -3.55. The summed E-state index contributed by atoms with van der Waals surface area (Å²) in [5.74, 6) is -0.0167. The average molecular weight is 567 g/mol. The fourth-order valence-electron chi connectivity index (χ4n) is 4.48. The van der Waals surface area contributed by atoms with Gasteiger partial charge in [-0.25, -0.2) is 12.7 Å². The second-order valence-electron chi connectivity index (χ2n) is 9.39. The number of amides is 1. The van der Waals surface area contributed by atoms with Crippen molar-refractivity contribution in [3.05, 3.63) is 59.2 Å². The van der Waals surface area contributed by atoms with E-state index in [0.29, 0.717) is 17.8 Å². The van der Waals surface area contributed by atoms with E-state index >= 15 is 0 Å². The van der Waals surface area contributed by atoms with E-state index in [1.54, 1.807) is 12.1 Å². The van der Waals surface area contributed by atoms with Crippen molar-refractivity contribution in [1.29, 1.82) is 0 Å². The number of aliphatic hydroxyl groups excluding tert-OH is 2. The molecule has 38 heavy (non-hydrogen) atoms. The van der Waals surface area contributed by atoms with Crippen LogP contribution in [0.2, 0.25) is 0 Å². The van der Waals surface area contributed by atoms with E-state index < -0.39 is 21.7 Å². The average Bonchev–Trinajstić information content (AvgIpc) is 3.23.